The number of nitrogens with one attached hydrogen (secondary N) is 1. The van der Waals surface area contributed by atoms with Gasteiger partial charge in [0.1, 0.15) is 11.0 Å². The number of nitrogens with zero attached hydrogens (tertiary/aromatic N) is 4. The summed E-state index contributed by atoms with van der Waals surface area (Å²) in [5, 5.41) is 9.27. The van der Waals surface area contributed by atoms with Crippen LogP contribution in [-0.4, -0.2) is 36.5 Å². The molecule has 0 aliphatic carbocycles. The number of hydrogen-bond acceptors (Lipinski definition) is 5. The zero-order chi connectivity index (χ0) is 23.8. The Morgan fingerprint density at radius 2 is 1.48 bits per heavy atom. The number of sulfonamides is 1. The fourth-order valence-corrected chi connectivity index (χ4v) is 4.98. The zero-order valence-corrected chi connectivity index (χ0v) is 20.4. The van der Waals surface area contributed by atoms with Crippen LogP contribution in [0.1, 0.15) is 30.5 Å². The second kappa shape index (κ2) is 8.86. The third-order valence-corrected chi connectivity index (χ3v) is 7.21. The Kier molecular flexibility index (Phi) is 6.12. The molecule has 1 aromatic heterocycles. The number of fused-ring (bicyclic) bond motifs is 1. The van der Waals surface area contributed by atoms with Crippen LogP contribution in [0.3, 0.4) is 0 Å². The van der Waals surface area contributed by atoms with Crippen LogP contribution in [0.5, 0.6) is 0 Å². The maximum absolute atomic E-state index is 12.9. The molecule has 8 heteroatoms. The summed E-state index contributed by atoms with van der Waals surface area (Å²) in [6, 6.07) is 16.6. The maximum Gasteiger partial charge on any atom is 0.261 e. The SMILES string of the molecule is CCN(CC)c1ccc(-n2nc3cc(C)c(NS(=O)(=O)c4ccc(C)cc4)cc3n2)c(C)c1. The summed E-state index contributed by atoms with van der Waals surface area (Å²) in [5.74, 6) is 0. The van der Waals surface area contributed by atoms with Gasteiger partial charge in [-0.1, -0.05) is 17.7 Å². The Balaban J connectivity index is 1.68. The first-order chi connectivity index (χ1) is 15.7. The predicted octanol–water partition coefficient (Wildman–Crippen LogP) is 4.99. The van der Waals surface area contributed by atoms with E-state index in [1.54, 1.807) is 35.1 Å². The molecular formula is C25H29N5O2S. The van der Waals surface area contributed by atoms with E-state index in [4.69, 9.17) is 0 Å². The van der Waals surface area contributed by atoms with Crippen LogP contribution in [0.4, 0.5) is 11.4 Å². The number of hydrogen-bond donors (Lipinski definition) is 1. The van der Waals surface area contributed by atoms with Gasteiger partial charge >= 0.3 is 0 Å². The fraction of sp³-hybridized carbons (Fsp3) is 0.280. The van der Waals surface area contributed by atoms with Gasteiger partial charge in [0.15, 0.2) is 0 Å². The van der Waals surface area contributed by atoms with Crippen molar-refractivity contribution in [2.24, 2.45) is 0 Å². The smallest absolute Gasteiger partial charge is 0.261 e. The van der Waals surface area contributed by atoms with Crippen molar-refractivity contribution in [1.82, 2.24) is 15.0 Å². The van der Waals surface area contributed by atoms with Crippen molar-refractivity contribution in [3.05, 3.63) is 71.3 Å². The Morgan fingerprint density at radius 3 is 2.09 bits per heavy atom. The topological polar surface area (TPSA) is 80.1 Å². The molecule has 0 bridgehead atoms. The molecule has 0 radical (unpaired) electrons. The van der Waals surface area contributed by atoms with E-state index >= 15 is 0 Å². The Morgan fingerprint density at radius 1 is 0.848 bits per heavy atom. The highest BCUT2D eigenvalue weighted by molar-refractivity contribution is 7.92. The van der Waals surface area contributed by atoms with Gasteiger partial charge in [-0.05, 0) is 88.2 Å². The Hall–Kier alpha value is -3.39. The highest BCUT2D eigenvalue weighted by Gasteiger charge is 2.17. The fourth-order valence-electron chi connectivity index (χ4n) is 3.86. The minimum Gasteiger partial charge on any atom is -0.372 e. The highest BCUT2D eigenvalue weighted by atomic mass is 32.2. The normalized spacial score (nSPS) is 11.7. The summed E-state index contributed by atoms with van der Waals surface area (Å²) in [7, 11) is -3.70. The summed E-state index contributed by atoms with van der Waals surface area (Å²) < 4.78 is 28.4. The second-order valence-electron chi connectivity index (χ2n) is 8.21. The largest absolute Gasteiger partial charge is 0.372 e. The van der Waals surface area contributed by atoms with E-state index in [0.29, 0.717) is 16.7 Å². The van der Waals surface area contributed by atoms with Gasteiger partial charge in [-0.25, -0.2) is 8.42 Å². The van der Waals surface area contributed by atoms with Crippen LogP contribution in [0, 0.1) is 20.8 Å². The lowest BCUT2D eigenvalue weighted by Gasteiger charge is -2.22. The first-order valence-corrected chi connectivity index (χ1v) is 12.5. The highest BCUT2D eigenvalue weighted by Crippen LogP contribution is 2.26. The number of aromatic nitrogens is 3. The molecular weight excluding hydrogens is 434 g/mol. The summed E-state index contributed by atoms with van der Waals surface area (Å²) in [6.07, 6.45) is 0. The summed E-state index contributed by atoms with van der Waals surface area (Å²) >= 11 is 0. The van der Waals surface area contributed by atoms with Crippen LogP contribution in [0.25, 0.3) is 16.7 Å². The molecule has 4 rings (SSSR count). The predicted molar refractivity (Wildman–Crippen MR) is 134 cm³/mol. The molecule has 7 nitrogen and oxygen atoms in total. The van der Waals surface area contributed by atoms with Gasteiger partial charge in [0, 0.05) is 18.8 Å². The van der Waals surface area contributed by atoms with Crippen molar-refractivity contribution < 1.29 is 8.42 Å². The van der Waals surface area contributed by atoms with Gasteiger partial charge in [-0.15, -0.1) is 10.2 Å². The molecule has 33 heavy (non-hydrogen) atoms. The first kappa shape index (κ1) is 22.8. The molecule has 0 amide bonds. The van der Waals surface area contributed by atoms with Crippen LogP contribution in [-0.2, 0) is 10.0 Å². The standard InChI is InChI=1S/C25H29N5O2S/c1-6-29(7-2)20-10-13-25(19(5)14-20)30-26-23-15-18(4)22(16-24(23)27-30)28-33(31,32)21-11-8-17(3)9-12-21/h8-16,28H,6-7H2,1-5H3. The first-order valence-electron chi connectivity index (χ1n) is 11.0. The number of anilines is 2. The molecule has 1 N–H and O–H groups in total. The molecule has 0 aliphatic heterocycles. The molecule has 0 fully saturated rings. The average molecular weight is 464 g/mol. The molecule has 0 saturated heterocycles. The molecule has 0 saturated carbocycles. The van der Waals surface area contributed by atoms with Crippen LogP contribution >= 0.6 is 0 Å². The maximum atomic E-state index is 12.9. The van der Waals surface area contributed by atoms with Gasteiger partial charge < -0.3 is 4.90 Å². The second-order valence-corrected chi connectivity index (χ2v) is 9.89. The van der Waals surface area contributed by atoms with E-state index < -0.39 is 10.0 Å². The minimum atomic E-state index is -3.70. The van der Waals surface area contributed by atoms with Gasteiger partial charge in [-0.3, -0.25) is 4.72 Å². The van der Waals surface area contributed by atoms with E-state index in [9.17, 15) is 8.42 Å². The molecule has 0 atom stereocenters. The van der Waals surface area contributed by atoms with Crippen molar-refractivity contribution in [3.8, 4) is 5.69 Å². The number of rotatable bonds is 7. The third-order valence-electron chi connectivity index (χ3n) is 5.83. The van der Waals surface area contributed by atoms with Crippen molar-refractivity contribution in [1.29, 1.82) is 0 Å². The quantitative estimate of drug-likeness (QED) is 0.418. The lowest BCUT2D eigenvalue weighted by atomic mass is 10.1. The Labute approximate surface area is 195 Å². The third kappa shape index (κ3) is 4.57. The van der Waals surface area contributed by atoms with E-state index in [0.717, 1.165) is 35.5 Å². The van der Waals surface area contributed by atoms with Gasteiger partial charge in [-0.2, -0.15) is 4.80 Å². The van der Waals surface area contributed by atoms with Crippen LogP contribution in [0.15, 0.2) is 59.5 Å². The van der Waals surface area contributed by atoms with E-state index in [1.807, 2.05) is 32.9 Å². The van der Waals surface area contributed by atoms with Crippen LogP contribution in [0.2, 0.25) is 0 Å². The summed E-state index contributed by atoms with van der Waals surface area (Å²) in [5.41, 5.74) is 6.72. The Bertz CT molecular complexity index is 1410. The summed E-state index contributed by atoms with van der Waals surface area (Å²) in [4.78, 5) is 4.13. The molecule has 172 valence electrons. The van der Waals surface area contributed by atoms with E-state index in [1.165, 1.54) is 5.69 Å². The monoisotopic (exact) mass is 463 g/mol. The minimum absolute atomic E-state index is 0.222. The molecule has 0 spiro atoms. The lowest BCUT2D eigenvalue weighted by Crippen LogP contribution is -2.21. The zero-order valence-electron chi connectivity index (χ0n) is 19.6. The van der Waals surface area contributed by atoms with Gasteiger partial charge in [0.05, 0.1) is 16.3 Å². The molecule has 3 aromatic carbocycles. The molecule has 1 heterocycles. The van der Waals surface area contributed by atoms with Crippen molar-refractivity contribution in [2.45, 2.75) is 39.5 Å². The summed E-state index contributed by atoms with van der Waals surface area (Å²) in [6.45, 7) is 12.0. The van der Waals surface area contributed by atoms with E-state index in [-0.39, 0.29) is 4.90 Å². The van der Waals surface area contributed by atoms with Crippen molar-refractivity contribution >= 4 is 32.4 Å². The lowest BCUT2D eigenvalue weighted by molar-refractivity contribution is 0.601. The number of aryl methyl sites for hydroxylation is 3. The van der Waals surface area contributed by atoms with Crippen LogP contribution < -0.4 is 9.62 Å². The number of benzene rings is 3. The molecule has 0 unspecified atom stereocenters. The molecule has 0 aliphatic rings. The van der Waals surface area contributed by atoms with Gasteiger partial charge in [0.2, 0.25) is 0 Å². The van der Waals surface area contributed by atoms with E-state index in [2.05, 4.69) is 45.8 Å². The van der Waals surface area contributed by atoms with Gasteiger partial charge in [0.25, 0.3) is 10.0 Å². The molecule has 4 aromatic rings. The van der Waals surface area contributed by atoms with Crippen molar-refractivity contribution in [3.63, 3.8) is 0 Å². The average Bonchev–Trinajstić information content (AvgIpc) is 3.17. The van der Waals surface area contributed by atoms with Crippen molar-refractivity contribution in [2.75, 3.05) is 22.7 Å².